The second-order valence-corrected chi connectivity index (χ2v) is 6.61. The summed E-state index contributed by atoms with van der Waals surface area (Å²) in [5.74, 6) is 9.51. The zero-order chi connectivity index (χ0) is 13.7. The van der Waals surface area contributed by atoms with Gasteiger partial charge in [-0.2, -0.15) is 11.8 Å². The molecule has 4 heteroatoms. The van der Waals surface area contributed by atoms with Gasteiger partial charge in [0, 0.05) is 5.75 Å². The number of benzene rings is 1. The molecular formula is C15H24N2OS. The Balaban J connectivity index is 1.86. The van der Waals surface area contributed by atoms with Crippen LogP contribution in [-0.2, 0) is 0 Å². The number of nitrogens with one attached hydrogen (secondary N) is 1. The molecule has 1 unspecified atom stereocenters. The summed E-state index contributed by atoms with van der Waals surface area (Å²) in [5.41, 5.74) is 4.13. The van der Waals surface area contributed by atoms with Crippen molar-refractivity contribution in [2.24, 2.45) is 11.8 Å². The second-order valence-electron chi connectivity index (χ2n) is 5.54. The van der Waals surface area contributed by atoms with Crippen molar-refractivity contribution in [3.63, 3.8) is 0 Å². The number of ether oxygens (including phenoxy) is 1. The molecule has 1 aromatic carbocycles. The fourth-order valence-electron chi connectivity index (χ4n) is 1.82. The molecule has 106 valence electrons. The van der Waals surface area contributed by atoms with Gasteiger partial charge in [0.25, 0.3) is 0 Å². The average molecular weight is 280 g/mol. The fourth-order valence-corrected chi connectivity index (χ4v) is 2.95. The monoisotopic (exact) mass is 280 g/mol. The van der Waals surface area contributed by atoms with Crippen LogP contribution in [0.5, 0.6) is 5.75 Å². The van der Waals surface area contributed by atoms with Crippen molar-refractivity contribution in [3.05, 3.63) is 29.8 Å². The molecule has 0 saturated heterocycles. The molecular weight excluding hydrogens is 256 g/mol. The molecule has 1 aromatic rings. The smallest absolute Gasteiger partial charge is 0.119 e. The van der Waals surface area contributed by atoms with Crippen LogP contribution in [0.1, 0.15) is 38.3 Å². The van der Waals surface area contributed by atoms with E-state index in [2.05, 4.69) is 31.4 Å². The van der Waals surface area contributed by atoms with Gasteiger partial charge in [-0.25, -0.2) is 0 Å². The zero-order valence-electron chi connectivity index (χ0n) is 11.8. The Kier molecular flexibility index (Phi) is 5.55. The number of rotatable bonds is 8. The molecule has 1 aliphatic carbocycles. The van der Waals surface area contributed by atoms with Crippen LogP contribution in [0.4, 0.5) is 0 Å². The molecule has 0 bridgehead atoms. The molecule has 2 rings (SSSR count). The molecule has 0 spiro atoms. The molecule has 3 nitrogen and oxygen atoms in total. The molecule has 1 atom stereocenters. The van der Waals surface area contributed by atoms with Crippen LogP contribution >= 0.6 is 11.8 Å². The summed E-state index contributed by atoms with van der Waals surface area (Å²) in [6.45, 7) is 4.48. The minimum absolute atomic E-state index is 0.207. The number of hydrogen-bond donors (Lipinski definition) is 2. The maximum Gasteiger partial charge on any atom is 0.119 e. The van der Waals surface area contributed by atoms with Crippen molar-refractivity contribution < 1.29 is 4.74 Å². The lowest BCUT2D eigenvalue weighted by atomic mass is 10.1. The van der Waals surface area contributed by atoms with E-state index >= 15 is 0 Å². The molecule has 0 radical (unpaired) electrons. The summed E-state index contributed by atoms with van der Waals surface area (Å²) in [6, 6.07) is 8.52. The van der Waals surface area contributed by atoms with Crippen molar-refractivity contribution in [3.8, 4) is 5.75 Å². The van der Waals surface area contributed by atoms with Crippen molar-refractivity contribution in [1.29, 1.82) is 0 Å². The highest BCUT2D eigenvalue weighted by atomic mass is 32.2. The Morgan fingerprint density at radius 2 is 1.95 bits per heavy atom. The van der Waals surface area contributed by atoms with Gasteiger partial charge in [0.2, 0.25) is 0 Å². The number of nitrogens with two attached hydrogens (primary N) is 1. The summed E-state index contributed by atoms with van der Waals surface area (Å²) in [5, 5.41) is 0. The molecule has 0 aliphatic heterocycles. The number of thioether (sulfide) groups is 1. The Morgan fingerprint density at radius 3 is 2.47 bits per heavy atom. The predicted molar refractivity (Wildman–Crippen MR) is 82.3 cm³/mol. The van der Waals surface area contributed by atoms with Crippen LogP contribution in [0.25, 0.3) is 0 Å². The normalized spacial score (nSPS) is 16.6. The first-order chi connectivity index (χ1) is 9.19. The molecule has 3 N–H and O–H groups in total. The highest BCUT2D eigenvalue weighted by Crippen LogP contribution is 2.28. The fraction of sp³-hybridized carbons (Fsp3) is 0.600. The Labute approximate surface area is 120 Å². The zero-order valence-corrected chi connectivity index (χ0v) is 12.6. The van der Waals surface area contributed by atoms with Crippen LogP contribution in [0.2, 0.25) is 0 Å². The first kappa shape index (κ1) is 14.7. The molecule has 1 fully saturated rings. The van der Waals surface area contributed by atoms with Crippen LogP contribution < -0.4 is 16.0 Å². The first-order valence-corrected chi connectivity index (χ1v) is 8.15. The molecule has 0 heterocycles. The van der Waals surface area contributed by atoms with E-state index in [-0.39, 0.29) is 6.04 Å². The maximum absolute atomic E-state index is 5.75. The Bertz CT molecular complexity index is 376. The van der Waals surface area contributed by atoms with Crippen LogP contribution in [0.3, 0.4) is 0 Å². The number of hydrazine groups is 1. The summed E-state index contributed by atoms with van der Waals surface area (Å²) in [7, 11) is 0. The largest absolute Gasteiger partial charge is 0.490 e. The van der Waals surface area contributed by atoms with Gasteiger partial charge in [0.1, 0.15) is 5.75 Å². The summed E-state index contributed by atoms with van der Waals surface area (Å²) in [6.07, 6.45) is 2.84. The third-order valence-electron chi connectivity index (χ3n) is 3.05. The van der Waals surface area contributed by atoms with Gasteiger partial charge >= 0.3 is 0 Å². The third-order valence-corrected chi connectivity index (χ3v) is 4.52. The standard InChI is InChI=1S/C15H24N2OS/c1-11(2)9-19-10-15(17-16)12-3-5-13(6-4-12)18-14-7-8-14/h3-6,11,14-15,17H,7-10,16H2,1-2H3. The summed E-state index contributed by atoms with van der Waals surface area (Å²) in [4.78, 5) is 0. The van der Waals surface area contributed by atoms with Crippen LogP contribution in [0.15, 0.2) is 24.3 Å². The van der Waals surface area contributed by atoms with Crippen LogP contribution in [0, 0.1) is 5.92 Å². The van der Waals surface area contributed by atoms with Gasteiger partial charge in [-0.15, -0.1) is 0 Å². The van der Waals surface area contributed by atoms with Gasteiger partial charge < -0.3 is 4.74 Å². The minimum Gasteiger partial charge on any atom is -0.490 e. The van der Waals surface area contributed by atoms with Crippen molar-refractivity contribution in [1.82, 2.24) is 5.43 Å². The average Bonchev–Trinajstić information content (AvgIpc) is 3.20. The maximum atomic E-state index is 5.75. The lowest BCUT2D eigenvalue weighted by Crippen LogP contribution is -2.29. The first-order valence-electron chi connectivity index (χ1n) is 6.99. The van der Waals surface area contributed by atoms with Crippen molar-refractivity contribution in [2.75, 3.05) is 11.5 Å². The van der Waals surface area contributed by atoms with Gasteiger partial charge in [-0.3, -0.25) is 11.3 Å². The highest BCUT2D eigenvalue weighted by molar-refractivity contribution is 7.99. The van der Waals surface area contributed by atoms with E-state index in [1.54, 1.807) is 0 Å². The predicted octanol–water partition coefficient (Wildman–Crippen LogP) is 3.12. The topological polar surface area (TPSA) is 47.3 Å². The van der Waals surface area contributed by atoms with Crippen molar-refractivity contribution in [2.45, 2.75) is 38.8 Å². The molecule has 0 aromatic heterocycles. The van der Waals surface area contributed by atoms with Crippen molar-refractivity contribution >= 4 is 11.8 Å². The van der Waals surface area contributed by atoms with E-state index < -0.39 is 0 Å². The molecule has 1 aliphatic rings. The van der Waals surface area contributed by atoms with Gasteiger partial charge in [-0.1, -0.05) is 26.0 Å². The number of hydrogen-bond acceptors (Lipinski definition) is 4. The molecule has 19 heavy (non-hydrogen) atoms. The third kappa shape index (κ3) is 5.05. The molecule has 0 amide bonds. The Morgan fingerprint density at radius 1 is 1.26 bits per heavy atom. The quantitative estimate of drug-likeness (QED) is 0.567. The SMILES string of the molecule is CC(C)CSCC(NN)c1ccc(OC2CC2)cc1. The minimum atomic E-state index is 0.207. The van der Waals surface area contributed by atoms with Gasteiger partial charge in [0.05, 0.1) is 12.1 Å². The van der Waals surface area contributed by atoms with E-state index in [1.165, 1.54) is 24.2 Å². The van der Waals surface area contributed by atoms with Gasteiger partial charge in [0.15, 0.2) is 0 Å². The summed E-state index contributed by atoms with van der Waals surface area (Å²) < 4.78 is 5.75. The van der Waals surface area contributed by atoms with Gasteiger partial charge in [-0.05, 0) is 42.2 Å². The van der Waals surface area contributed by atoms with E-state index in [4.69, 9.17) is 10.6 Å². The van der Waals surface area contributed by atoms with E-state index in [0.717, 1.165) is 17.4 Å². The van der Waals surface area contributed by atoms with E-state index in [9.17, 15) is 0 Å². The summed E-state index contributed by atoms with van der Waals surface area (Å²) >= 11 is 1.94. The second kappa shape index (κ2) is 7.17. The Hall–Kier alpha value is -0.710. The van der Waals surface area contributed by atoms with E-state index in [0.29, 0.717) is 6.10 Å². The lowest BCUT2D eigenvalue weighted by Gasteiger charge is -2.17. The highest BCUT2D eigenvalue weighted by Gasteiger charge is 2.23. The van der Waals surface area contributed by atoms with Crippen LogP contribution in [-0.4, -0.2) is 17.6 Å². The lowest BCUT2D eigenvalue weighted by molar-refractivity contribution is 0.303. The van der Waals surface area contributed by atoms with E-state index in [1.807, 2.05) is 23.9 Å². The molecule has 1 saturated carbocycles.